The lowest BCUT2D eigenvalue weighted by Crippen LogP contribution is -2.43. The molecule has 0 unspecified atom stereocenters. The molecule has 0 bridgehead atoms. The average molecular weight is 651 g/mol. The summed E-state index contributed by atoms with van der Waals surface area (Å²) in [4.78, 5) is 43.2. The van der Waals surface area contributed by atoms with E-state index in [1.54, 1.807) is 38.2 Å². The van der Waals surface area contributed by atoms with Crippen LogP contribution < -0.4 is 16.2 Å². The van der Waals surface area contributed by atoms with E-state index in [-0.39, 0.29) is 17.5 Å². The molecular weight excluding hydrogens is 623 g/mol. The smallest absolute Gasteiger partial charge is 0.408 e. The fourth-order valence-electron chi connectivity index (χ4n) is 4.88. The fraction of sp³-hybridized carbons (Fsp3) is 0.290. The normalized spacial score (nSPS) is 12.9. The third kappa shape index (κ3) is 6.93. The molecule has 238 valence electrons. The lowest BCUT2D eigenvalue weighted by molar-refractivity contribution is -0.143. The average Bonchev–Trinajstić information content (AvgIpc) is 2.99. The minimum absolute atomic E-state index is 0.208. The van der Waals surface area contributed by atoms with Gasteiger partial charge in [-0.25, -0.2) is 13.6 Å². The largest absolute Gasteiger partial charge is 0.467 e. The Morgan fingerprint density at radius 1 is 1.09 bits per heavy atom. The van der Waals surface area contributed by atoms with Crippen LogP contribution in [-0.2, 0) is 23.0 Å². The third-order valence-corrected chi connectivity index (χ3v) is 7.82. The van der Waals surface area contributed by atoms with Crippen LogP contribution in [0.3, 0.4) is 0 Å². The van der Waals surface area contributed by atoms with Crippen molar-refractivity contribution in [2.45, 2.75) is 44.9 Å². The Hall–Kier alpha value is -4.52. The first-order chi connectivity index (χ1) is 21.2. The maximum Gasteiger partial charge on any atom is 0.408 e. The van der Waals surface area contributed by atoms with Crippen molar-refractivity contribution in [3.8, 4) is 11.1 Å². The Morgan fingerprint density at radius 2 is 1.76 bits per heavy atom. The molecule has 0 saturated carbocycles. The predicted molar refractivity (Wildman–Crippen MR) is 159 cm³/mol. The molecule has 2 aromatic carbocycles. The van der Waals surface area contributed by atoms with Crippen LogP contribution in [0.25, 0.3) is 22.0 Å². The van der Waals surface area contributed by atoms with Crippen molar-refractivity contribution in [2.24, 2.45) is 7.05 Å². The van der Waals surface area contributed by atoms with Gasteiger partial charge in [0.1, 0.15) is 29.3 Å². The minimum atomic E-state index is -4.67. The Kier molecular flexibility index (Phi) is 9.81. The predicted octanol–water partition coefficient (Wildman–Crippen LogP) is 6.11. The van der Waals surface area contributed by atoms with E-state index in [4.69, 9.17) is 16.3 Å². The highest BCUT2D eigenvalue weighted by molar-refractivity contribution is 6.31. The Labute approximate surface area is 259 Å². The van der Waals surface area contributed by atoms with Crippen LogP contribution in [0.4, 0.5) is 27.6 Å². The van der Waals surface area contributed by atoms with E-state index < -0.39 is 59.4 Å². The summed E-state index contributed by atoms with van der Waals surface area (Å²) in [5.41, 5.74) is 0.265. The number of aromatic nitrogens is 2. The van der Waals surface area contributed by atoms with Crippen LogP contribution in [0, 0.1) is 18.6 Å². The summed E-state index contributed by atoms with van der Waals surface area (Å²) in [6.45, 7) is 2.95. The number of halogens is 6. The molecule has 0 fully saturated rings. The van der Waals surface area contributed by atoms with Crippen LogP contribution in [0.1, 0.15) is 35.0 Å². The summed E-state index contributed by atoms with van der Waals surface area (Å²) in [7, 11) is 2.65. The molecule has 0 aliphatic rings. The molecule has 4 rings (SSSR count). The fourth-order valence-corrected chi connectivity index (χ4v) is 5.12. The summed E-state index contributed by atoms with van der Waals surface area (Å²) in [6.07, 6.45) is -3.78. The van der Waals surface area contributed by atoms with Gasteiger partial charge in [-0.15, -0.1) is 0 Å². The lowest BCUT2D eigenvalue weighted by atomic mass is 9.95. The van der Waals surface area contributed by atoms with Crippen LogP contribution in [0.5, 0.6) is 0 Å². The number of nitrogens with one attached hydrogen (secondary N) is 2. The summed E-state index contributed by atoms with van der Waals surface area (Å²) in [5.74, 6) is -5.13. The highest BCUT2D eigenvalue weighted by atomic mass is 35.5. The number of carbonyl (C=O) groups is 2. The highest BCUT2D eigenvalue weighted by Gasteiger charge is 2.38. The molecule has 45 heavy (non-hydrogen) atoms. The third-order valence-electron chi connectivity index (χ3n) is 7.43. The van der Waals surface area contributed by atoms with Crippen molar-refractivity contribution >= 4 is 40.1 Å². The van der Waals surface area contributed by atoms with Crippen molar-refractivity contribution in [1.29, 1.82) is 0 Å². The van der Waals surface area contributed by atoms with Gasteiger partial charge in [-0.2, -0.15) is 13.2 Å². The van der Waals surface area contributed by atoms with Crippen LogP contribution in [0.15, 0.2) is 53.5 Å². The van der Waals surface area contributed by atoms with Crippen LogP contribution in [0.2, 0.25) is 5.02 Å². The molecule has 14 heteroatoms. The molecule has 1 amide bonds. The molecule has 2 atom stereocenters. The molecule has 8 nitrogen and oxygen atoms in total. The number of alkyl halides is 3. The van der Waals surface area contributed by atoms with E-state index in [0.717, 1.165) is 7.11 Å². The van der Waals surface area contributed by atoms with Gasteiger partial charge < -0.3 is 19.9 Å². The van der Waals surface area contributed by atoms with Gasteiger partial charge in [0.15, 0.2) is 0 Å². The number of amides is 1. The number of esters is 1. The van der Waals surface area contributed by atoms with Crippen molar-refractivity contribution < 1.29 is 36.3 Å². The van der Waals surface area contributed by atoms with E-state index in [0.29, 0.717) is 44.9 Å². The molecule has 2 aromatic heterocycles. The molecule has 0 spiro atoms. The quantitative estimate of drug-likeness (QED) is 0.168. The van der Waals surface area contributed by atoms with Gasteiger partial charge in [0.2, 0.25) is 0 Å². The topological polar surface area (TPSA) is 102 Å². The van der Waals surface area contributed by atoms with Crippen LogP contribution in [-0.4, -0.2) is 46.8 Å². The van der Waals surface area contributed by atoms with Gasteiger partial charge in [0.25, 0.3) is 11.5 Å². The van der Waals surface area contributed by atoms with Gasteiger partial charge in [0.05, 0.1) is 23.2 Å². The van der Waals surface area contributed by atoms with E-state index in [9.17, 15) is 36.3 Å². The molecule has 0 saturated heterocycles. The number of hydrogen-bond acceptors (Lipinski definition) is 6. The molecule has 4 aromatic rings. The van der Waals surface area contributed by atoms with Gasteiger partial charge in [-0.1, -0.05) is 36.7 Å². The minimum Gasteiger partial charge on any atom is -0.467 e. The van der Waals surface area contributed by atoms with Crippen molar-refractivity contribution in [2.75, 3.05) is 12.4 Å². The van der Waals surface area contributed by atoms with E-state index in [1.165, 1.54) is 23.8 Å². The Morgan fingerprint density at radius 3 is 2.36 bits per heavy atom. The first kappa shape index (κ1) is 33.4. The zero-order chi connectivity index (χ0) is 33.2. The number of methoxy groups -OCH3 is 1. The SMILES string of the molecule is CC[C@@H](Nc1cc(F)c(C(=O)N[C@@H](Cc2ccc(-c3cc(Cl)c(C)n(C)c3=O)c3ncccc23)C(=O)OC)c(F)c1)C(F)(F)F. The van der Waals surface area contributed by atoms with Crippen LogP contribution >= 0.6 is 11.6 Å². The summed E-state index contributed by atoms with van der Waals surface area (Å²) < 4.78 is 75.5. The number of ether oxygens (including phenoxy) is 1. The molecule has 0 aliphatic heterocycles. The molecule has 2 heterocycles. The molecule has 2 N–H and O–H groups in total. The number of carbonyl (C=O) groups excluding carboxylic acids is 2. The van der Waals surface area contributed by atoms with Crippen molar-refractivity contribution in [1.82, 2.24) is 14.9 Å². The summed E-state index contributed by atoms with van der Waals surface area (Å²) in [5, 5.41) is 5.16. The van der Waals surface area contributed by atoms with Crippen molar-refractivity contribution in [3.63, 3.8) is 0 Å². The number of pyridine rings is 2. The van der Waals surface area contributed by atoms with E-state index in [1.807, 2.05) is 5.32 Å². The number of benzene rings is 2. The monoisotopic (exact) mass is 650 g/mol. The van der Waals surface area contributed by atoms with Gasteiger partial charge in [-0.3, -0.25) is 14.6 Å². The second-order valence-corrected chi connectivity index (χ2v) is 10.6. The van der Waals surface area contributed by atoms with Gasteiger partial charge in [0, 0.05) is 42.0 Å². The molecular formula is C31H28ClF5N4O4. The van der Waals surface area contributed by atoms with Gasteiger partial charge >= 0.3 is 12.1 Å². The molecule has 0 radical (unpaired) electrons. The first-order valence-electron chi connectivity index (χ1n) is 13.6. The Balaban J connectivity index is 1.67. The molecule has 0 aliphatic carbocycles. The summed E-state index contributed by atoms with van der Waals surface area (Å²) >= 11 is 6.35. The van der Waals surface area contributed by atoms with E-state index >= 15 is 0 Å². The number of fused-ring (bicyclic) bond motifs is 1. The standard InChI is InChI=1S/C31H28ClF5N4O4/c1-5-25(31(35,36)37)39-17-12-22(33)26(23(34)13-17)28(42)40-24(30(44)45-4)11-16-8-9-19(27-18(16)7-6-10-38-27)20-14-21(32)15(2)41(3)29(20)43/h6-10,12-14,24-25,39H,5,11H2,1-4H3,(H,40,42)/t24-,25+/m0/s1. The number of hydrogen-bond donors (Lipinski definition) is 2. The lowest BCUT2D eigenvalue weighted by Gasteiger charge is -2.22. The maximum absolute atomic E-state index is 14.9. The highest BCUT2D eigenvalue weighted by Crippen LogP contribution is 2.31. The zero-order valence-electron chi connectivity index (χ0n) is 24.5. The Bertz CT molecular complexity index is 1820. The second-order valence-electron chi connectivity index (χ2n) is 10.2. The number of nitrogens with zero attached hydrogens (tertiary/aromatic N) is 2. The number of anilines is 1. The van der Waals surface area contributed by atoms with Gasteiger partial charge in [-0.05, 0) is 43.2 Å². The second kappa shape index (κ2) is 13.2. The first-order valence-corrected chi connectivity index (χ1v) is 14.0. The zero-order valence-corrected chi connectivity index (χ0v) is 25.2. The maximum atomic E-state index is 14.9. The number of rotatable bonds is 9. The summed E-state index contributed by atoms with van der Waals surface area (Å²) in [6, 6.07) is 5.70. The van der Waals surface area contributed by atoms with Crippen molar-refractivity contribution in [3.05, 3.63) is 92.5 Å². The van der Waals surface area contributed by atoms with E-state index in [2.05, 4.69) is 10.3 Å².